The van der Waals surface area contributed by atoms with Crippen LogP contribution in [0.5, 0.6) is 0 Å². The Kier molecular flexibility index (Phi) is 12.3. The maximum Gasteiger partial charge on any atom is 0.339 e. The van der Waals surface area contributed by atoms with Crippen molar-refractivity contribution < 1.29 is 67.1 Å². The number of primary amides is 2. The molecule has 20 nitrogen and oxygen atoms in total. The summed E-state index contributed by atoms with van der Waals surface area (Å²) in [5.41, 5.74) is 13.1. The molecule has 3 saturated carbocycles. The standard InChI is InChI=1S/C36H50N6O14/c1-16(43)53-26-27(54-17(2)44)29(55-18(3)45)31(56-28(26)30(47)51-6)52-15-24(40-42-33(38)49)36(50)12-10-22-21-8-7-19-13-20(39-41-32(37)48)9-11-34(19,4)25(21)23(46)14-35(22,36)5/h13,21-22,25-29,31,50H,7-12,14-15H2,1-6H3,(H3,37,41,48)(H3,38,42,49)/b39-20+,40-24?/t21?,22?,25?,26-,27-,28?,29+,31+,34?,35?,36+/m1/s1. The Balaban J connectivity index is 1.47. The number of ketones is 1. The van der Waals surface area contributed by atoms with E-state index in [0.29, 0.717) is 37.8 Å². The maximum atomic E-state index is 14.4. The second-order valence-electron chi connectivity index (χ2n) is 15.4. The smallest absolute Gasteiger partial charge is 0.339 e. The molecule has 4 amide bonds. The van der Waals surface area contributed by atoms with Crippen molar-refractivity contribution in [2.75, 3.05) is 13.7 Å². The summed E-state index contributed by atoms with van der Waals surface area (Å²) in [5, 5.41) is 21.0. The highest BCUT2D eigenvalue weighted by atomic mass is 16.7. The molecule has 1 heterocycles. The number of Topliss-reactive ketones (excluding diaryl/α,β-unsaturated/α-hetero) is 1. The quantitative estimate of drug-likeness (QED) is 0.0878. The Morgan fingerprint density at radius 3 is 2.14 bits per heavy atom. The number of methoxy groups -OCH3 is 1. The molecule has 5 rings (SSSR count). The number of rotatable bonds is 10. The number of nitrogens with zero attached hydrogens (tertiary/aromatic N) is 2. The number of hydrazone groups is 2. The molecule has 0 radical (unpaired) electrons. The van der Waals surface area contributed by atoms with E-state index < -0.39 is 89.7 Å². The zero-order valence-electron chi connectivity index (χ0n) is 32.2. The van der Waals surface area contributed by atoms with Gasteiger partial charge in [-0.2, -0.15) is 10.2 Å². The van der Waals surface area contributed by atoms with E-state index in [1.165, 1.54) is 0 Å². The average molecular weight is 791 g/mol. The summed E-state index contributed by atoms with van der Waals surface area (Å²) in [6.45, 7) is 6.38. The van der Waals surface area contributed by atoms with Gasteiger partial charge in [-0.05, 0) is 61.9 Å². The molecule has 11 atom stereocenters. The summed E-state index contributed by atoms with van der Waals surface area (Å²) in [6.07, 6.45) is -3.46. The molecule has 0 aromatic heterocycles. The molecule has 0 bridgehead atoms. The number of hydrogen-bond donors (Lipinski definition) is 5. The lowest BCUT2D eigenvalue weighted by Gasteiger charge is -2.58. The molecule has 6 unspecified atom stereocenters. The fraction of sp³-hybridized carbons (Fsp3) is 0.694. The Morgan fingerprint density at radius 1 is 0.911 bits per heavy atom. The van der Waals surface area contributed by atoms with Gasteiger partial charge >= 0.3 is 35.9 Å². The highest BCUT2D eigenvalue weighted by Crippen LogP contribution is 2.66. The van der Waals surface area contributed by atoms with Crippen molar-refractivity contribution in [3.05, 3.63) is 11.6 Å². The largest absolute Gasteiger partial charge is 0.467 e. The molecule has 56 heavy (non-hydrogen) atoms. The van der Waals surface area contributed by atoms with Crippen LogP contribution in [0.2, 0.25) is 0 Å². The van der Waals surface area contributed by atoms with Gasteiger partial charge in [-0.15, -0.1) is 0 Å². The van der Waals surface area contributed by atoms with Crippen molar-refractivity contribution in [2.24, 2.45) is 50.3 Å². The number of esters is 4. The first-order valence-electron chi connectivity index (χ1n) is 18.3. The molecule has 5 aliphatic rings. The van der Waals surface area contributed by atoms with Crippen LogP contribution < -0.4 is 22.3 Å². The van der Waals surface area contributed by atoms with Gasteiger partial charge in [-0.3, -0.25) is 19.2 Å². The zero-order valence-corrected chi connectivity index (χ0v) is 32.2. The van der Waals surface area contributed by atoms with Gasteiger partial charge in [0.1, 0.15) is 11.4 Å². The molecule has 0 aromatic carbocycles. The summed E-state index contributed by atoms with van der Waals surface area (Å²) in [4.78, 5) is 87.2. The number of carbonyl (C=O) groups excluding carboxylic acids is 7. The van der Waals surface area contributed by atoms with Crippen LogP contribution in [0.15, 0.2) is 21.9 Å². The number of nitrogens with one attached hydrogen (secondary N) is 2. The van der Waals surface area contributed by atoms with Gasteiger partial charge in [0.05, 0.1) is 25.1 Å². The molecule has 308 valence electrons. The molecule has 1 aliphatic heterocycles. The van der Waals surface area contributed by atoms with Gasteiger partial charge in [0, 0.05) is 38.5 Å². The monoisotopic (exact) mass is 790 g/mol. The predicted octanol–water partition coefficient (Wildman–Crippen LogP) is 0.618. The Hall–Kier alpha value is -4.95. The summed E-state index contributed by atoms with van der Waals surface area (Å²) in [7, 11) is 1.04. The van der Waals surface area contributed by atoms with E-state index >= 15 is 0 Å². The molecular formula is C36H50N6O14. The average Bonchev–Trinajstić information content (AvgIpc) is 3.37. The molecule has 20 heteroatoms. The topological polar surface area (TPSA) is 296 Å². The first kappa shape index (κ1) is 42.2. The first-order chi connectivity index (χ1) is 26.2. The minimum absolute atomic E-state index is 0.0447. The minimum atomic E-state index is -1.87. The van der Waals surface area contributed by atoms with Crippen LogP contribution in [-0.2, 0) is 52.4 Å². The Bertz CT molecular complexity index is 1750. The van der Waals surface area contributed by atoms with Gasteiger partial charge in [-0.1, -0.05) is 19.4 Å². The molecule has 0 spiro atoms. The first-order valence-corrected chi connectivity index (χ1v) is 18.3. The van der Waals surface area contributed by atoms with Gasteiger partial charge in [0.15, 0.2) is 30.7 Å². The second kappa shape index (κ2) is 16.3. The number of fused-ring (bicyclic) bond motifs is 5. The number of ether oxygens (including phenoxy) is 6. The van der Waals surface area contributed by atoms with E-state index in [0.717, 1.165) is 33.5 Å². The van der Waals surface area contributed by atoms with Gasteiger partial charge in [0.25, 0.3) is 0 Å². The summed E-state index contributed by atoms with van der Waals surface area (Å²) >= 11 is 0. The Labute approximate surface area is 322 Å². The summed E-state index contributed by atoms with van der Waals surface area (Å²) in [5.74, 6) is -4.40. The lowest BCUT2D eigenvalue weighted by atomic mass is 9.46. The van der Waals surface area contributed by atoms with Crippen molar-refractivity contribution in [3.8, 4) is 0 Å². The molecular weight excluding hydrogens is 740 g/mol. The highest BCUT2D eigenvalue weighted by Gasteiger charge is 2.68. The van der Waals surface area contributed by atoms with Crippen molar-refractivity contribution in [1.29, 1.82) is 0 Å². The number of allylic oxidation sites excluding steroid dienone is 2. The number of hydrogen-bond acceptors (Lipinski definition) is 16. The van der Waals surface area contributed by atoms with E-state index in [2.05, 4.69) is 28.0 Å². The number of amides is 4. The van der Waals surface area contributed by atoms with Crippen molar-refractivity contribution in [3.63, 3.8) is 0 Å². The number of aliphatic hydroxyl groups is 1. The van der Waals surface area contributed by atoms with E-state index in [-0.39, 0.29) is 42.1 Å². The highest BCUT2D eigenvalue weighted by molar-refractivity contribution is 5.99. The molecule has 4 fully saturated rings. The van der Waals surface area contributed by atoms with Crippen LogP contribution in [0.4, 0.5) is 9.59 Å². The van der Waals surface area contributed by atoms with E-state index in [9.17, 15) is 38.7 Å². The third-order valence-electron chi connectivity index (χ3n) is 12.1. The number of nitrogens with two attached hydrogens (primary N) is 2. The van der Waals surface area contributed by atoms with E-state index in [4.69, 9.17) is 39.9 Å². The number of urea groups is 2. The number of carbonyl (C=O) groups is 7. The minimum Gasteiger partial charge on any atom is -0.467 e. The van der Waals surface area contributed by atoms with Gasteiger partial charge in [-0.25, -0.2) is 25.2 Å². The fourth-order valence-electron chi connectivity index (χ4n) is 9.83. The van der Waals surface area contributed by atoms with Crippen LogP contribution in [-0.4, -0.2) is 108 Å². The van der Waals surface area contributed by atoms with Crippen LogP contribution >= 0.6 is 0 Å². The Morgan fingerprint density at radius 2 is 1.54 bits per heavy atom. The van der Waals surface area contributed by atoms with Crippen molar-refractivity contribution in [2.45, 2.75) is 116 Å². The normalized spacial score (nSPS) is 37.1. The van der Waals surface area contributed by atoms with Crippen LogP contribution in [0.1, 0.15) is 79.6 Å². The molecule has 0 aromatic rings. The van der Waals surface area contributed by atoms with Gasteiger partial charge in [0.2, 0.25) is 0 Å². The van der Waals surface area contributed by atoms with E-state index in [1.807, 2.05) is 6.08 Å². The van der Waals surface area contributed by atoms with Crippen LogP contribution in [0, 0.1) is 28.6 Å². The van der Waals surface area contributed by atoms with Crippen molar-refractivity contribution in [1.82, 2.24) is 10.9 Å². The SMILES string of the molecule is COC(=O)C1O[C@H](OCC(=NNC(N)=O)[C@@]2(O)CCC3C4CCC5=C/C(=N/NC(N)=O)CCC5(C)C4C(=O)CC32C)[C@@H](OC(C)=O)[C@H](OC(C)=O)[C@H]1OC(C)=O. The van der Waals surface area contributed by atoms with Gasteiger partial charge < -0.3 is 45.0 Å². The molecule has 1 saturated heterocycles. The third kappa shape index (κ3) is 7.99. The summed E-state index contributed by atoms with van der Waals surface area (Å²) < 4.78 is 33.0. The lowest BCUT2D eigenvalue weighted by molar-refractivity contribution is -0.298. The summed E-state index contributed by atoms with van der Waals surface area (Å²) in [6, 6.07) is -1.84. The van der Waals surface area contributed by atoms with Crippen LogP contribution in [0.3, 0.4) is 0 Å². The second-order valence-corrected chi connectivity index (χ2v) is 15.4. The van der Waals surface area contributed by atoms with Crippen LogP contribution in [0.25, 0.3) is 0 Å². The predicted molar refractivity (Wildman–Crippen MR) is 191 cm³/mol. The van der Waals surface area contributed by atoms with Crippen molar-refractivity contribution >= 4 is 53.1 Å². The lowest BCUT2D eigenvalue weighted by Crippen LogP contribution is -2.64. The third-order valence-corrected chi connectivity index (χ3v) is 12.1. The fourth-order valence-corrected chi connectivity index (χ4v) is 9.83. The molecule has 4 aliphatic carbocycles. The zero-order chi connectivity index (χ0) is 41.3. The maximum absolute atomic E-state index is 14.4. The van der Waals surface area contributed by atoms with E-state index in [1.54, 1.807) is 6.92 Å². The molecule has 7 N–H and O–H groups in total.